The monoisotopic (exact) mass is 380 g/mol. The average Bonchev–Trinajstić information content (AvgIpc) is 3.29. The maximum absolute atomic E-state index is 12.6. The van der Waals surface area contributed by atoms with Crippen LogP contribution in [0.25, 0.3) is 11.1 Å². The van der Waals surface area contributed by atoms with Crippen LogP contribution in [-0.4, -0.2) is 47.4 Å². The van der Waals surface area contributed by atoms with E-state index in [0.717, 1.165) is 35.3 Å². The number of hydrogen-bond donors (Lipinski definition) is 0. The van der Waals surface area contributed by atoms with Crippen LogP contribution in [0.1, 0.15) is 31.2 Å². The van der Waals surface area contributed by atoms with Gasteiger partial charge in [-0.1, -0.05) is 6.07 Å². The predicted octanol–water partition coefficient (Wildman–Crippen LogP) is 3.16. The summed E-state index contributed by atoms with van der Waals surface area (Å²) in [5, 5.41) is 0. The number of fused-ring (bicyclic) bond motifs is 1. The molecule has 2 saturated heterocycles. The molecular weight excluding hydrogens is 356 g/mol. The Morgan fingerprint density at radius 1 is 1.11 bits per heavy atom. The number of nitrogens with zero attached hydrogens (tertiary/aromatic N) is 2. The molecule has 28 heavy (non-hydrogen) atoms. The highest BCUT2D eigenvalue weighted by Gasteiger charge is 2.43. The van der Waals surface area contributed by atoms with E-state index in [1.807, 2.05) is 23.1 Å². The summed E-state index contributed by atoms with van der Waals surface area (Å²) < 4.78 is 18.0. The molecule has 4 heterocycles. The second-order valence-corrected chi connectivity index (χ2v) is 7.69. The van der Waals surface area contributed by atoms with Crippen molar-refractivity contribution >= 4 is 5.91 Å². The minimum absolute atomic E-state index is 0.116. The zero-order valence-corrected chi connectivity index (χ0v) is 15.8. The molecule has 0 N–H and O–H groups in total. The summed E-state index contributed by atoms with van der Waals surface area (Å²) in [5.74, 6) is 0.368. The zero-order valence-electron chi connectivity index (χ0n) is 15.8. The molecule has 0 unspecified atom stereocenters. The van der Waals surface area contributed by atoms with E-state index in [0.29, 0.717) is 39.1 Å². The van der Waals surface area contributed by atoms with Crippen molar-refractivity contribution in [1.29, 1.82) is 0 Å². The summed E-state index contributed by atoms with van der Waals surface area (Å²) in [5.41, 5.74) is 3.30. The van der Waals surface area contributed by atoms with Gasteiger partial charge in [-0.2, -0.15) is 0 Å². The van der Waals surface area contributed by atoms with Gasteiger partial charge in [-0.25, -0.2) is 0 Å². The van der Waals surface area contributed by atoms with Crippen molar-refractivity contribution in [3.05, 3.63) is 48.3 Å². The Bertz CT molecular complexity index is 856. The number of pyridine rings is 1. The normalized spacial score (nSPS) is 23.3. The lowest BCUT2D eigenvalue weighted by Crippen LogP contribution is -2.54. The van der Waals surface area contributed by atoms with Crippen LogP contribution in [0, 0.1) is 0 Å². The van der Waals surface area contributed by atoms with Crippen LogP contribution in [0.15, 0.2) is 42.7 Å². The van der Waals surface area contributed by atoms with Gasteiger partial charge < -0.3 is 19.1 Å². The SMILES string of the molecule is O=C([C@H]1CCCO1)N1CCC2(CC1)OCc1cc(-c3ccncc3)ccc1O2. The van der Waals surface area contributed by atoms with Crippen LogP contribution >= 0.6 is 0 Å². The number of ether oxygens (including phenoxy) is 3. The van der Waals surface area contributed by atoms with Gasteiger partial charge in [-0.05, 0) is 48.2 Å². The summed E-state index contributed by atoms with van der Waals surface area (Å²) in [6.45, 7) is 2.50. The van der Waals surface area contributed by atoms with Gasteiger partial charge in [0.2, 0.25) is 5.79 Å². The molecular formula is C22H24N2O4. The van der Waals surface area contributed by atoms with Crippen molar-refractivity contribution in [2.75, 3.05) is 19.7 Å². The average molecular weight is 380 g/mol. The Balaban J connectivity index is 1.27. The molecule has 0 aliphatic carbocycles. The number of hydrogen-bond acceptors (Lipinski definition) is 5. The fraction of sp³-hybridized carbons (Fsp3) is 0.455. The van der Waals surface area contributed by atoms with E-state index in [1.165, 1.54) is 0 Å². The molecule has 1 aromatic carbocycles. The van der Waals surface area contributed by atoms with E-state index >= 15 is 0 Å². The van der Waals surface area contributed by atoms with Crippen molar-refractivity contribution in [3.63, 3.8) is 0 Å². The minimum atomic E-state index is -0.626. The zero-order chi connectivity index (χ0) is 19.0. The number of rotatable bonds is 2. The molecule has 2 fully saturated rings. The number of carbonyl (C=O) groups excluding carboxylic acids is 1. The molecule has 1 amide bonds. The predicted molar refractivity (Wildman–Crippen MR) is 103 cm³/mol. The molecule has 0 radical (unpaired) electrons. The van der Waals surface area contributed by atoms with Crippen LogP contribution in [0.4, 0.5) is 0 Å². The second kappa shape index (κ2) is 7.18. The highest BCUT2D eigenvalue weighted by Crippen LogP contribution is 2.39. The van der Waals surface area contributed by atoms with Crippen LogP contribution in [0.3, 0.4) is 0 Å². The minimum Gasteiger partial charge on any atom is -0.462 e. The molecule has 1 aromatic heterocycles. The summed E-state index contributed by atoms with van der Waals surface area (Å²) >= 11 is 0. The number of carbonyl (C=O) groups is 1. The molecule has 0 bridgehead atoms. The van der Waals surface area contributed by atoms with Gasteiger partial charge >= 0.3 is 0 Å². The molecule has 6 heteroatoms. The van der Waals surface area contributed by atoms with E-state index in [2.05, 4.69) is 17.1 Å². The van der Waals surface area contributed by atoms with Crippen LogP contribution < -0.4 is 4.74 Å². The first-order chi connectivity index (χ1) is 13.7. The van der Waals surface area contributed by atoms with E-state index < -0.39 is 5.79 Å². The van der Waals surface area contributed by atoms with E-state index in [4.69, 9.17) is 14.2 Å². The first-order valence-corrected chi connectivity index (χ1v) is 9.99. The first-order valence-electron chi connectivity index (χ1n) is 9.99. The van der Waals surface area contributed by atoms with E-state index in [1.54, 1.807) is 12.4 Å². The smallest absolute Gasteiger partial charge is 0.251 e. The molecule has 2 aromatic rings. The maximum Gasteiger partial charge on any atom is 0.251 e. The Hall–Kier alpha value is -2.44. The quantitative estimate of drug-likeness (QED) is 0.801. The maximum atomic E-state index is 12.6. The topological polar surface area (TPSA) is 60.9 Å². The van der Waals surface area contributed by atoms with Crippen LogP contribution in [0.5, 0.6) is 5.75 Å². The van der Waals surface area contributed by atoms with Crippen molar-refractivity contribution in [2.24, 2.45) is 0 Å². The van der Waals surface area contributed by atoms with Gasteiger partial charge in [0, 0.05) is 50.5 Å². The largest absolute Gasteiger partial charge is 0.462 e. The highest BCUT2D eigenvalue weighted by atomic mass is 16.7. The van der Waals surface area contributed by atoms with Crippen molar-refractivity contribution in [3.8, 4) is 16.9 Å². The molecule has 3 aliphatic rings. The summed E-state index contributed by atoms with van der Waals surface area (Å²) in [6, 6.07) is 10.2. The molecule has 6 nitrogen and oxygen atoms in total. The van der Waals surface area contributed by atoms with E-state index in [9.17, 15) is 4.79 Å². The Labute approximate surface area is 164 Å². The second-order valence-electron chi connectivity index (χ2n) is 7.69. The van der Waals surface area contributed by atoms with Gasteiger partial charge in [0.1, 0.15) is 11.9 Å². The van der Waals surface area contributed by atoms with Crippen molar-refractivity contribution in [1.82, 2.24) is 9.88 Å². The lowest BCUT2D eigenvalue weighted by molar-refractivity contribution is -0.228. The van der Waals surface area contributed by atoms with Gasteiger partial charge in [0.05, 0.1) is 6.61 Å². The third-order valence-corrected chi connectivity index (χ3v) is 5.90. The fourth-order valence-corrected chi connectivity index (χ4v) is 4.25. The molecule has 0 saturated carbocycles. The third kappa shape index (κ3) is 3.27. The number of piperidine rings is 1. The molecule has 1 spiro atoms. The lowest BCUT2D eigenvalue weighted by atomic mass is 9.99. The molecule has 5 rings (SSSR count). The number of benzene rings is 1. The number of likely N-dealkylation sites (tertiary alicyclic amines) is 1. The molecule has 1 atom stereocenters. The Kier molecular flexibility index (Phi) is 4.53. The summed E-state index contributed by atoms with van der Waals surface area (Å²) in [4.78, 5) is 18.5. The van der Waals surface area contributed by atoms with Crippen molar-refractivity contribution in [2.45, 2.75) is 44.2 Å². The number of aromatic nitrogens is 1. The van der Waals surface area contributed by atoms with E-state index in [-0.39, 0.29) is 12.0 Å². The first kappa shape index (κ1) is 17.6. The standard InChI is InChI=1S/C22H24N2O4/c25-21(20-2-1-13-26-20)24-11-7-22(8-12-24)27-15-18-14-17(3-4-19(18)28-22)16-5-9-23-10-6-16/h3-6,9-10,14,20H,1-2,7-8,11-13,15H2/t20-/m1/s1. The van der Waals surface area contributed by atoms with Crippen LogP contribution in [0.2, 0.25) is 0 Å². The summed E-state index contributed by atoms with van der Waals surface area (Å²) in [6.07, 6.45) is 6.49. The van der Waals surface area contributed by atoms with Gasteiger partial charge in [0.15, 0.2) is 0 Å². The lowest BCUT2D eigenvalue weighted by Gasteiger charge is -2.44. The third-order valence-electron chi connectivity index (χ3n) is 5.90. The Morgan fingerprint density at radius 3 is 2.68 bits per heavy atom. The van der Waals surface area contributed by atoms with Crippen LogP contribution in [-0.2, 0) is 20.9 Å². The molecule has 146 valence electrons. The van der Waals surface area contributed by atoms with Gasteiger partial charge in [0.25, 0.3) is 5.91 Å². The fourth-order valence-electron chi connectivity index (χ4n) is 4.25. The molecule has 3 aliphatic heterocycles. The van der Waals surface area contributed by atoms with Gasteiger partial charge in [-0.15, -0.1) is 0 Å². The Morgan fingerprint density at radius 2 is 1.93 bits per heavy atom. The number of amides is 1. The highest BCUT2D eigenvalue weighted by molar-refractivity contribution is 5.81. The van der Waals surface area contributed by atoms with Gasteiger partial charge in [-0.3, -0.25) is 9.78 Å². The van der Waals surface area contributed by atoms with Crippen molar-refractivity contribution < 1.29 is 19.0 Å². The summed E-state index contributed by atoms with van der Waals surface area (Å²) in [7, 11) is 0.